The van der Waals surface area contributed by atoms with Crippen LogP contribution in [-0.2, 0) is 4.79 Å². The Morgan fingerprint density at radius 3 is 2.56 bits per heavy atom. The summed E-state index contributed by atoms with van der Waals surface area (Å²) in [6.45, 7) is 7.49. The molecule has 0 aliphatic carbocycles. The van der Waals surface area contributed by atoms with E-state index in [-0.39, 0.29) is 5.91 Å². The first-order valence-electron chi connectivity index (χ1n) is 5.17. The smallest absolute Gasteiger partial charge is 0.237 e. The van der Waals surface area contributed by atoms with Crippen LogP contribution in [0.2, 0.25) is 0 Å². The number of rotatable bonds is 2. The van der Waals surface area contributed by atoms with Crippen molar-refractivity contribution in [2.24, 2.45) is 5.41 Å². The van der Waals surface area contributed by atoms with Crippen LogP contribution in [-0.4, -0.2) is 18.0 Å². The highest BCUT2D eigenvalue weighted by molar-refractivity contribution is 5.96. The lowest BCUT2D eigenvalue weighted by molar-refractivity contribution is -0.123. The molecule has 16 heavy (non-hydrogen) atoms. The molecule has 0 unspecified atom stereocenters. The van der Waals surface area contributed by atoms with Crippen LogP contribution in [0.3, 0.4) is 0 Å². The average molecular weight is 222 g/mol. The maximum absolute atomic E-state index is 11.9. The van der Waals surface area contributed by atoms with E-state index in [9.17, 15) is 4.79 Å². The van der Waals surface area contributed by atoms with Crippen molar-refractivity contribution in [1.82, 2.24) is 4.98 Å². The molecule has 1 aromatic rings. The number of aryl methyl sites for hydroxylation is 1. The molecule has 0 saturated carbocycles. The van der Waals surface area contributed by atoms with Crippen LogP contribution in [0.15, 0.2) is 12.3 Å². The summed E-state index contributed by atoms with van der Waals surface area (Å²) >= 11 is 0. The number of nitrogens with zero attached hydrogens (tertiary/aromatic N) is 1. The van der Waals surface area contributed by atoms with Crippen LogP contribution in [0.4, 0.5) is 5.69 Å². The van der Waals surface area contributed by atoms with Gasteiger partial charge in [-0.15, -0.1) is 0 Å². The third-order valence-electron chi connectivity index (χ3n) is 2.24. The van der Waals surface area contributed by atoms with Gasteiger partial charge in [-0.1, -0.05) is 20.8 Å². The summed E-state index contributed by atoms with van der Waals surface area (Å²) in [7, 11) is 1.54. The molecule has 1 heterocycles. The van der Waals surface area contributed by atoms with Gasteiger partial charge in [0.1, 0.15) is 5.69 Å². The van der Waals surface area contributed by atoms with Crippen molar-refractivity contribution < 1.29 is 9.53 Å². The van der Waals surface area contributed by atoms with Gasteiger partial charge in [-0.05, 0) is 18.6 Å². The summed E-state index contributed by atoms with van der Waals surface area (Å²) < 4.78 is 5.11. The van der Waals surface area contributed by atoms with E-state index in [1.54, 1.807) is 6.20 Å². The van der Waals surface area contributed by atoms with Crippen molar-refractivity contribution in [3.63, 3.8) is 0 Å². The zero-order chi connectivity index (χ0) is 12.3. The molecule has 0 fully saturated rings. The molecule has 0 bridgehead atoms. The average Bonchev–Trinajstić information content (AvgIpc) is 2.19. The lowest BCUT2D eigenvalue weighted by Gasteiger charge is -2.19. The van der Waals surface area contributed by atoms with Gasteiger partial charge in [0.15, 0.2) is 0 Å². The molecule has 0 atom stereocenters. The fourth-order valence-corrected chi connectivity index (χ4v) is 1.14. The molecule has 1 rings (SSSR count). The minimum atomic E-state index is -0.437. The number of anilines is 1. The molecule has 88 valence electrons. The van der Waals surface area contributed by atoms with E-state index < -0.39 is 5.41 Å². The molecule has 1 aromatic heterocycles. The van der Waals surface area contributed by atoms with Gasteiger partial charge in [-0.2, -0.15) is 0 Å². The van der Waals surface area contributed by atoms with E-state index in [0.29, 0.717) is 11.6 Å². The van der Waals surface area contributed by atoms with Crippen molar-refractivity contribution >= 4 is 11.6 Å². The standard InChI is InChI=1S/C12H18N2O2/c1-8-6-7-13-10(16-5)9(8)14-11(15)12(2,3)4/h6-7H,1-5H3,(H,14,15). The number of hydrogen-bond acceptors (Lipinski definition) is 3. The Morgan fingerprint density at radius 1 is 1.44 bits per heavy atom. The number of pyridine rings is 1. The van der Waals surface area contributed by atoms with Crippen molar-refractivity contribution in [3.05, 3.63) is 17.8 Å². The second-order valence-corrected chi connectivity index (χ2v) is 4.72. The first kappa shape index (κ1) is 12.5. The van der Waals surface area contributed by atoms with Gasteiger partial charge in [0, 0.05) is 11.6 Å². The molecule has 0 radical (unpaired) electrons. The van der Waals surface area contributed by atoms with Gasteiger partial charge < -0.3 is 10.1 Å². The third-order valence-corrected chi connectivity index (χ3v) is 2.24. The zero-order valence-corrected chi connectivity index (χ0v) is 10.4. The highest BCUT2D eigenvalue weighted by Crippen LogP contribution is 2.27. The predicted molar refractivity (Wildman–Crippen MR) is 63.6 cm³/mol. The lowest BCUT2D eigenvalue weighted by Crippen LogP contribution is -2.28. The molecule has 1 amide bonds. The summed E-state index contributed by atoms with van der Waals surface area (Å²) in [4.78, 5) is 15.9. The maximum Gasteiger partial charge on any atom is 0.237 e. The van der Waals surface area contributed by atoms with E-state index in [0.717, 1.165) is 5.56 Å². The van der Waals surface area contributed by atoms with Gasteiger partial charge in [-0.3, -0.25) is 4.79 Å². The van der Waals surface area contributed by atoms with Crippen molar-refractivity contribution in [2.45, 2.75) is 27.7 Å². The van der Waals surface area contributed by atoms with E-state index in [4.69, 9.17) is 4.74 Å². The predicted octanol–water partition coefficient (Wildman–Crippen LogP) is 2.38. The lowest BCUT2D eigenvalue weighted by atomic mass is 9.95. The SMILES string of the molecule is COc1nccc(C)c1NC(=O)C(C)(C)C. The number of nitrogens with one attached hydrogen (secondary N) is 1. The van der Waals surface area contributed by atoms with Crippen LogP contribution in [0.1, 0.15) is 26.3 Å². The van der Waals surface area contributed by atoms with Crippen LogP contribution in [0.25, 0.3) is 0 Å². The number of hydrogen-bond donors (Lipinski definition) is 1. The molecule has 0 aliphatic heterocycles. The van der Waals surface area contributed by atoms with Crippen LogP contribution in [0.5, 0.6) is 5.88 Å². The fraction of sp³-hybridized carbons (Fsp3) is 0.500. The normalized spacial score (nSPS) is 11.1. The molecule has 0 aromatic carbocycles. The Labute approximate surface area is 96.0 Å². The van der Waals surface area contributed by atoms with Crippen molar-refractivity contribution in [3.8, 4) is 5.88 Å². The molecular weight excluding hydrogens is 204 g/mol. The Kier molecular flexibility index (Phi) is 3.52. The van der Waals surface area contributed by atoms with Crippen LogP contribution < -0.4 is 10.1 Å². The number of methoxy groups -OCH3 is 1. The maximum atomic E-state index is 11.9. The summed E-state index contributed by atoms with van der Waals surface area (Å²) in [6, 6.07) is 1.83. The van der Waals surface area contributed by atoms with Crippen LogP contribution >= 0.6 is 0 Å². The monoisotopic (exact) mass is 222 g/mol. The zero-order valence-electron chi connectivity index (χ0n) is 10.4. The molecule has 0 spiro atoms. The first-order chi connectivity index (χ1) is 7.36. The second kappa shape index (κ2) is 4.51. The quantitative estimate of drug-likeness (QED) is 0.835. The Balaban J connectivity index is 3.01. The van der Waals surface area contributed by atoms with E-state index in [1.807, 2.05) is 33.8 Å². The summed E-state index contributed by atoms with van der Waals surface area (Å²) in [5.41, 5.74) is 1.14. The number of aromatic nitrogens is 1. The Hall–Kier alpha value is -1.58. The second-order valence-electron chi connectivity index (χ2n) is 4.72. The van der Waals surface area contributed by atoms with E-state index >= 15 is 0 Å². The number of carbonyl (C=O) groups excluding carboxylic acids is 1. The van der Waals surface area contributed by atoms with Gasteiger partial charge >= 0.3 is 0 Å². The molecule has 4 nitrogen and oxygen atoms in total. The first-order valence-corrected chi connectivity index (χ1v) is 5.17. The van der Waals surface area contributed by atoms with Gasteiger partial charge in [0.05, 0.1) is 7.11 Å². The highest BCUT2D eigenvalue weighted by atomic mass is 16.5. The molecular formula is C12H18N2O2. The Morgan fingerprint density at radius 2 is 2.06 bits per heavy atom. The Bertz CT molecular complexity index is 394. The number of amides is 1. The van der Waals surface area contributed by atoms with Gasteiger partial charge in [0.2, 0.25) is 11.8 Å². The van der Waals surface area contributed by atoms with E-state index in [2.05, 4.69) is 10.3 Å². The van der Waals surface area contributed by atoms with E-state index in [1.165, 1.54) is 7.11 Å². The van der Waals surface area contributed by atoms with Gasteiger partial charge in [-0.25, -0.2) is 4.98 Å². The number of carbonyl (C=O) groups is 1. The van der Waals surface area contributed by atoms with Crippen LogP contribution in [0, 0.1) is 12.3 Å². The number of ether oxygens (including phenoxy) is 1. The summed E-state index contributed by atoms with van der Waals surface area (Å²) in [6.07, 6.45) is 1.65. The minimum absolute atomic E-state index is 0.0538. The third kappa shape index (κ3) is 2.72. The summed E-state index contributed by atoms with van der Waals surface area (Å²) in [5.74, 6) is 0.388. The molecule has 0 saturated heterocycles. The van der Waals surface area contributed by atoms with Crippen molar-refractivity contribution in [1.29, 1.82) is 0 Å². The summed E-state index contributed by atoms with van der Waals surface area (Å²) in [5, 5.41) is 2.84. The van der Waals surface area contributed by atoms with Gasteiger partial charge in [0.25, 0.3) is 0 Å². The largest absolute Gasteiger partial charge is 0.480 e. The topological polar surface area (TPSA) is 51.2 Å². The fourth-order valence-electron chi connectivity index (χ4n) is 1.14. The molecule has 0 aliphatic rings. The highest BCUT2D eigenvalue weighted by Gasteiger charge is 2.23. The minimum Gasteiger partial charge on any atom is -0.480 e. The van der Waals surface area contributed by atoms with Crippen molar-refractivity contribution in [2.75, 3.05) is 12.4 Å². The molecule has 4 heteroatoms. The molecule has 1 N–H and O–H groups in total.